The third kappa shape index (κ3) is 2.83. The lowest BCUT2D eigenvalue weighted by molar-refractivity contribution is 0.245. The third-order valence-corrected chi connectivity index (χ3v) is 3.58. The maximum absolute atomic E-state index is 8.95. The molecule has 1 heterocycles. The maximum Gasteiger partial charge on any atom is 0.0492 e. The SMILES string of the molecule is Cn1nccc1CCNCC1(CCO)CC1. The van der Waals surface area contributed by atoms with E-state index in [1.165, 1.54) is 18.5 Å². The molecule has 4 heteroatoms. The number of nitrogens with one attached hydrogen (secondary N) is 1. The summed E-state index contributed by atoms with van der Waals surface area (Å²) in [5.74, 6) is 0. The summed E-state index contributed by atoms with van der Waals surface area (Å²) in [5, 5.41) is 16.6. The second kappa shape index (κ2) is 4.97. The van der Waals surface area contributed by atoms with E-state index in [2.05, 4.69) is 16.5 Å². The molecular weight excluding hydrogens is 202 g/mol. The van der Waals surface area contributed by atoms with Crippen LogP contribution in [0.2, 0.25) is 0 Å². The van der Waals surface area contributed by atoms with E-state index < -0.39 is 0 Å². The minimum atomic E-state index is 0.323. The first-order chi connectivity index (χ1) is 7.76. The molecule has 0 unspecified atom stereocenters. The molecule has 2 N–H and O–H groups in total. The average molecular weight is 223 g/mol. The summed E-state index contributed by atoms with van der Waals surface area (Å²) in [7, 11) is 1.98. The molecule has 0 amide bonds. The van der Waals surface area contributed by atoms with Crippen LogP contribution >= 0.6 is 0 Å². The summed E-state index contributed by atoms with van der Waals surface area (Å²) in [5.41, 5.74) is 1.68. The van der Waals surface area contributed by atoms with E-state index >= 15 is 0 Å². The van der Waals surface area contributed by atoms with Gasteiger partial charge in [-0.05, 0) is 30.7 Å². The predicted molar refractivity (Wildman–Crippen MR) is 63.2 cm³/mol. The van der Waals surface area contributed by atoms with Gasteiger partial charge in [0.25, 0.3) is 0 Å². The number of aromatic nitrogens is 2. The van der Waals surface area contributed by atoms with E-state index in [-0.39, 0.29) is 0 Å². The highest BCUT2D eigenvalue weighted by Gasteiger charge is 2.41. The minimum absolute atomic E-state index is 0.323. The lowest BCUT2D eigenvalue weighted by Gasteiger charge is -2.14. The van der Waals surface area contributed by atoms with Gasteiger partial charge in [-0.2, -0.15) is 5.10 Å². The van der Waals surface area contributed by atoms with Crippen molar-refractivity contribution >= 4 is 0 Å². The topological polar surface area (TPSA) is 50.1 Å². The molecule has 0 atom stereocenters. The van der Waals surface area contributed by atoms with Crippen molar-refractivity contribution in [2.45, 2.75) is 25.7 Å². The molecule has 1 aliphatic carbocycles. The number of aliphatic hydroxyl groups is 1. The van der Waals surface area contributed by atoms with E-state index in [0.717, 1.165) is 25.9 Å². The van der Waals surface area contributed by atoms with Crippen LogP contribution in [0, 0.1) is 5.41 Å². The molecule has 1 aliphatic rings. The Morgan fingerprint density at radius 1 is 1.56 bits per heavy atom. The Morgan fingerprint density at radius 2 is 2.38 bits per heavy atom. The fourth-order valence-electron chi connectivity index (χ4n) is 2.15. The molecule has 0 saturated heterocycles. The van der Waals surface area contributed by atoms with Crippen LogP contribution in [0.1, 0.15) is 25.0 Å². The summed E-state index contributed by atoms with van der Waals surface area (Å²) in [4.78, 5) is 0. The second-order valence-corrected chi connectivity index (χ2v) is 4.85. The molecule has 0 aromatic carbocycles. The molecule has 2 rings (SSSR count). The van der Waals surface area contributed by atoms with Crippen LogP contribution in [0.15, 0.2) is 12.3 Å². The highest BCUT2D eigenvalue weighted by atomic mass is 16.3. The van der Waals surface area contributed by atoms with Crippen molar-refractivity contribution in [3.63, 3.8) is 0 Å². The van der Waals surface area contributed by atoms with Gasteiger partial charge in [0.05, 0.1) is 0 Å². The van der Waals surface area contributed by atoms with E-state index in [1.807, 2.05) is 17.9 Å². The molecule has 1 aromatic rings. The number of aryl methyl sites for hydroxylation is 1. The quantitative estimate of drug-likeness (QED) is 0.670. The molecule has 1 fully saturated rings. The van der Waals surface area contributed by atoms with E-state index in [4.69, 9.17) is 5.11 Å². The molecular formula is C12H21N3O. The summed E-state index contributed by atoms with van der Waals surface area (Å²) in [6.45, 7) is 2.36. The summed E-state index contributed by atoms with van der Waals surface area (Å²) in [6.07, 6.45) is 6.35. The first-order valence-corrected chi connectivity index (χ1v) is 6.04. The number of rotatable bonds is 7. The highest BCUT2D eigenvalue weighted by molar-refractivity contribution is 5.00. The van der Waals surface area contributed by atoms with E-state index in [9.17, 15) is 0 Å². The minimum Gasteiger partial charge on any atom is -0.396 e. The first kappa shape index (κ1) is 11.6. The van der Waals surface area contributed by atoms with E-state index in [1.54, 1.807) is 0 Å². The number of hydrogen-bond acceptors (Lipinski definition) is 3. The summed E-state index contributed by atoms with van der Waals surface area (Å²) in [6, 6.07) is 2.06. The number of hydrogen-bond donors (Lipinski definition) is 2. The van der Waals surface area contributed by atoms with Gasteiger partial charge in [0.2, 0.25) is 0 Å². The third-order valence-electron chi connectivity index (χ3n) is 3.58. The second-order valence-electron chi connectivity index (χ2n) is 4.85. The van der Waals surface area contributed by atoms with Gasteiger partial charge in [0.15, 0.2) is 0 Å². The van der Waals surface area contributed by atoms with Crippen LogP contribution in [0.5, 0.6) is 0 Å². The van der Waals surface area contributed by atoms with Gasteiger partial charge in [-0.15, -0.1) is 0 Å². The number of nitrogens with zero attached hydrogens (tertiary/aromatic N) is 2. The molecule has 1 saturated carbocycles. The van der Waals surface area contributed by atoms with Gasteiger partial charge >= 0.3 is 0 Å². The Kier molecular flexibility index (Phi) is 3.61. The highest BCUT2D eigenvalue weighted by Crippen LogP contribution is 2.47. The normalized spacial score (nSPS) is 17.6. The van der Waals surface area contributed by atoms with Crippen molar-refractivity contribution in [3.05, 3.63) is 18.0 Å². The Hall–Kier alpha value is -0.870. The van der Waals surface area contributed by atoms with Crippen LogP contribution in [0.25, 0.3) is 0 Å². The van der Waals surface area contributed by atoms with Gasteiger partial charge in [0.1, 0.15) is 0 Å². The van der Waals surface area contributed by atoms with Crippen LogP contribution < -0.4 is 5.32 Å². The van der Waals surface area contributed by atoms with Gasteiger partial charge in [-0.3, -0.25) is 4.68 Å². The van der Waals surface area contributed by atoms with Gasteiger partial charge in [0, 0.05) is 45.1 Å². The molecule has 0 radical (unpaired) electrons. The fourth-order valence-corrected chi connectivity index (χ4v) is 2.15. The molecule has 90 valence electrons. The summed E-state index contributed by atoms with van der Waals surface area (Å²) < 4.78 is 1.92. The largest absolute Gasteiger partial charge is 0.396 e. The standard InChI is InChI=1S/C12H21N3O/c1-15-11(3-8-14-15)2-7-13-10-12(4-5-12)6-9-16/h3,8,13,16H,2,4-7,9-10H2,1H3. The lowest BCUT2D eigenvalue weighted by atomic mass is 10.0. The Labute approximate surface area is 96.7 Å². The van der Waals surface area contributed by atoms with Crippen LogP contribution in [-0.2, 0) is 13.5 Å². The average Bonchev–Trinajstić information content (AvgIpc) is 2.91. The monoisotopic (exact) mass is 223 g/mol. The summed E-state index contributed by atoms with van der Waals surface area (Å²) >= 11 is 0. The van der Waals surface area contributed by atoms with Crippen molar-refractivity contribution < 1.29 is 5.11 Å². The molecule has 0 bridgehead atoms. The van der Waals surface area contributed by atoms with Crippen molar-refractivity contribution in [3.8, 4) is 0 Å². The maximum atomic E-state index is 8.95. The Morgan fingerprint density at radius 3 is 2.94 bits per heavy atom. The Balaban J connectivity index is 1.64. The Bertz CT molecular complexity index is 331. The van der Waals surface area contributed by atoms with Gasteiger partial charge < -0.3 is 10.4 Å². The van der Waals surface area contributed by atoms with Crippen LogP contribution in [0.3, 0.4) is 0 Å². The fraction of sp³-hybridized carbons (Fsp3) is 0.750. The lowest BCUT2D eigenvalue weighted by Crippen LogP contribution is -2.27. The molecule has 16 heavy (non-hydrogen) atoms. The molecule has 1 aromatic heterocycles. The zero-order valence-electron chi connectivity index (χ0n) is 9.95. The van der Waals surface area contributed by atoms with E-state index in [0.29, 0.717) is 12.0 Å². The smallest absolute Gasteiger partial charge is 0.0492 e. The van der Waals surface area contributed by atoms with Gasteiger partial charge in [-0.1, -0.05) is 0 Å². The van der Waals surface area contributed by atoms with Crippen molar-refractivity contribution in [1.82, 2.24) is 15.1 Å². The van der Waals surface area contributed by atoms with Crippen molar-refractivity contribution in [1.29, 1.82) is 0 Å². The van der Waals surface area contributed by atoms with Crippen molar-refractivity contribution in [2.75, 3.05) is 19.7 Å². The van der Waals surface area contributed by atoms with Crippen molar-refractivity contribution in [2.24, 2.45) is 12.5 Å². The zero-order valence-corrected chi connectivity index (χ0v) is 9.95. The number of aliphatic hydroxyl groups excluding tert-OH is 1. The first-order valence-electron chi connectivity index (χ1n) is 6.04. The molecule has 4 nitrogen and oxygen atoms in total. The van der Waals surface area contributed by atoms with Crippen LogP contribution in [-0.4, -0.2) is 34.6 Å². The van der Waals surface area contributed by atoms with Crippen LogP contribution in [0.4, 0.5) is 0 Å². The van der Waals surface area contributed by atoms with Gasteiger partial charge in [-0.25, -0.2) is 0 Å². The zero-order chi connectivity index (χ0) is 11.4. The molecule has 0 spiro atoms. The predicted octanol–water partition coefficient (Wildman–Crippen LogP) is 0.715. The molecule has 0 aliphatic heterocycles.